The van der Waals surface area contributed by atoms with Crippen molar-refractivity contribution in [3.63, 3.8) is 0 Å². The van der Waals surface area contributed by atoms with Gasteiger partial charge >= 0.3 is 5.97 Å². The lowest BCUT2D eigenvalue weighted by Gasteiger charge is -2.25. The summed E-state index contributed by atoms with van der Waals surface area (Å²) in [6.07, 6.45) is 0.262. The monoisotopic (exact) mass is 442 g/mol. The third kappa shape index (κ3) is 6.23. The van der Waals surface area contributed by atoms with Gasteiger partial charge in [0.1, 0.15) is 29.1 Å². The summed E-state index contributed by atoms with van der Waals surface area (Å²) in [6, 6.07) is 12.5. The standard InChI is InChI=1S/C24H30N2O6/c1-15(2)21(26-22(27)20-18(30-3)12-9-13-19(20)31-4)23(28)25-17(24(29)32-5)14-16-10-7-6-8-11-16/h6-13,15,17,21H,14H2,1-5H3,(H,25,28)(H,26,27)/t17-,21-/m0/s1. The summed E-state index contributed by atoms with van der Waals surface area (Å²) in [5.74, 6) is -1.20. The number of hydrogen-bond acceptors (Lipinski definition) is 6. The fourth-order valence-corrected chi connectivity index (χ4v) is 3.27. The van der Waals surface area contributed by atoms with Gasteiger partial charge in [-0.2, -0.15) is 0 Å². The average molecular weight is 443 g/mol. The number of ether oxygens (including phenoxy) is 3. The maximum atomic E-state index is 13.1. The molecule has 0 saturated heterocycles. The Balaban J connectivity index is 2.23. The highest BCUT2D eigenvalue weighted by atomic mass is 16.5. The molecule has 32 heavy (non-hydrogen) atoms. The number of methoxy groups -OCH3 is 3. The van der Waals surface area contributed by atoms with Crippen molar-refractivity contribution in [3.8, 4) is 11.5 Å². The molecule has 0 bridgehead atoms. The molecule has 0 fully saturated rings. The van der Waals surface area contributed by atoms with Gasteiger partial charge in [0, 0.05) is 6.42 Å². The summed E-state index contributed by atoms with van der Waals surface area (Å²) in [5.41, 5.74) is 1.05. The smallest absolute Gasteiger partial charge is 0.328 e. The zero-order valence-corrected chi connectivity index (χ0v) is 19.0. The van der Waals surface area contributed by atoms with Gasteiger partial charge in [-0.3, -0.25) is 9.59 Å². The SMILES string of the molecule is COC(=O)[C@H](Cc1ccccc1)NC(=O)[C@@H](NC(=O)c1c(OC)cccc1OC)C(C)C. The summed E-state index contributed by atoms with van der Waals surface area (Å²) in [7, 11) is 4.16. The van der Waals surface area contributed by atoms with Crippen LogP contribution in [0.2, 0.25) is 0 Å². The molecule has 0 radical (unpaired) electrons. The predicted octanol–water partition coefficient (Wildman–Crippen LogP) is 2.36. The molecule has 8 nitrogen and oxygen atoms in total. The van der Waals surface area contributed by atoms with E-state index in [1.54, 1.807) is 32.0 Å². The number of nitrogens with one attached hydrogen (secondary N) is 2. The highest BCUT2D eigenvalue weighted by molar-refractivity contribution is 6.02. The molecule has 0 aliphatic carbocycles. The Morgan fingerprint density at radius 1 is 0.844 bits per heavy atom. The van der Waals surface area contributed by atoms with Crippen molar-refractivity contribution in [1.82, 2.24) is 10.6 Å². The van der Waals surface area contributed by atoms with Gasteiger partial charge in [-0.1, -0.05) is 50.2 Å². The number of amides is 2. The fraction of sp³-hybridized carbons (Fsp3) is 0.375. The number of rotatable bonds is 10. The van der Waals surface area contributed by atoms with Crippen LogP contribution in [0.4, 0.5) is 0 Å². The molecule has 8 heteroatoms. The van der Waals surface area contributed by atoms with E-state index in [9.17, 15) is 14.4 Å². The minimum atomic E-state index is -0.903. The van der Waals surface area contributed by atoms with Gasteiger partial charge in [0.05, 0.1) is 21.3 Å². The Labute approximate surface area is 188 Å². The normalized spacial score (nSPS) is 12.4. The van der Waals surface area contributed by atoms with Crippen LogP contribution in [0, 0.1) is 5.92 Å². The lowest BCUT2D eigenvalue weighted by molar-refractivity contribution is -0.145. The highest BCUT2D eigenvalue weighted by Gasteiger charge is 2.31. The van der Waals surface area contributed by atoms with E-state index >= 15 is 0 Å². The van der Waals surface area contributed by atoms with E-state index in [0.717, 1.165) is 5.56 Å². The second-order valence-corrected chi connectivity index (χ2v) is 7.51. The lowest BCUT2D eigenvalue weighted by atomic mass is 10.0. The number of hydrogen-bond donors (Lipinski definition) is 2. The zero-order valence-electron chi connectivity index (χ0n) is 19.0. The molecular formula is C24H30N2O6. The van der Waals surface area contributed by atoms with E-state index < -0.39 is 29.9 Å². The van der Waals surface area contributed by atoms with E-state index in [-0.39, 0.29) is 17.9 Å². The van der Waals surface area contributed by atoms with E-state index in [0.29, 0.717) is 11.5 Å². The molecule has 2 rings (SSSR count). The first-order chi connectivity index (χ1) is 15.3. The summed E-state index contributed by atoms with van der Waals surface area (Å²) in [4.78, 5) is 38.4. The molecule has 2 N–H and O–H groups in total. The van der Waals surface area contributed by atoms with E-state index in [1.165, 1.54) is 21.3 Å². The van der Waals surface area contributed by atoms with Crippen molar-refractivity contribution in [2.45, 2.75) is 32.4 Å². The fourth-order valence-electron chi connectivity index (χ4n) is 3.27. The van der Waals surface area contributed by atoms with Crippen LogP contribution in [0.25, 0.3) is 0 Å². The molecule has 0 spiro atoms. The quantitative estimate of drug-likeness (QED) is 0.548. The van der Waals surface area contributed by atoms with Crippen LogP contribution in [0.5, 0.6) is 11.5 Å². The number of carbonyl (C=O) groups excluding carboxylic acids is 3. The van der Waals surface area contributed by atoms with Crippen LogP contribution >= 0.6 is 0 Å². The Bertz CT molecular complexity index is 907. The predicted molar refractivity (Wildman–Crippen MR) is 120 cm³/mol. The molecule has 172 valence electrons. The van der Waals surface area contributed by atoms with Gasteiger partial charge in [0.2, 0.25) is 5.91 Å². The average Bonchev–Trinajstić information content (AvgIpc) is 2.81. The molecule has 2 aromatic rings. The molecule has 0 aliphatic heterocycles. The number of esters is 1. The zero-order chi connectivity index (χ0) is 23.7. The summed E-state index contributed by atoms with van der Waals surface area (Å²) >= 11 is 0. The summed E-state index contributed by atoms with van der Waals surface area (Å²) < 4.78 is 15.4. The van der Waals surface area contributed by atoms with Crippen molar-refractivity contribution >= 4 is 17.8 Å². The topological polar surface area (TPSA) is 103 Å². The maximum absolute atomic E-state index is 13.1. The summed E-state index contributed by atoms with van der Waals surface area (Å²) in [6.45, 7) is 3.60. The first-order valence-electron chi connectivity index (χ1n) is 10.3. The Morgan fingerprint density at radius 3 is 1.94 bits per heavy atom. The van der Waals surface area contributed by atoms with Crippen molar-refractivity contribution in [2.24, 2.45) is 5.92 Å². The highest BCUT2D eigenvalue weighted by Crippen LogP contribution is 2.28. The molecular weight excluding hydrogens is 412 g/mol. The minimum absolute atomic E-state index is 0.185. The molecule has 2 atom stereocenters. The Morgan fingerprint density at radius 2 is 1.44 bits per heavy atom. The van der Waals surface area contributed by atoms with Crippen LogP contribution in [0.1, 0.15) is 29.8 Å². The van der Waals surface area contributed by atoms with Gasteiger partial charge in [0.25, 0.3) is 5.91 Å². The first-order valence-corrected chi connectivity index (χ1v) is 10.3. The van der Waals surface area contributed by atoms with Crippen LogP contribution in [-0.4, -0.2) is 51.2 Å². The number of benzene rings is 2. The Hall–Kier alpha value is -3.55. The molecule has 0 saturated carbocycles. The van der Waals surface area contributed by atoms with Crippen LogP contribution in [0.15, 0.2) is 48.5 Å². The van der Waals surface area contributed by atoms with Crippen molar-refractivity contribution in [1.29, 1.82) is 0 Å². The lowest BCUT2D eigenvalue weighted by Crippen LogP contribution is -2.54. The van der Waals surface area contributed by atoms with Gasteiger partial charge < -0.3 is 24.8 Å². The second kappa shape index (κ2) is 11.7. The van der Waals surface area contributed by atoms with Gasteiger partial charge in [-0.05, 0) is 23.6 Å². The second-order valence-electron chi connectivity index (χ2n) is 7.51. The van der Waals surface area contributed by atoms with Crippen LogP contribution < -0.4 is 20.1 Å². The van der Waals surface area contributed by atoms with Crippen molar-refractivity contribution in [3.05, 3.63) is 59.7 Å². The van der Waals surface area contributed by atoms with E-state index in [1.807, 2.05) is 30.3 Å². The third-order valence-electron chi connectivity index (χ3n) is 4.98. The summed E-state index contributed by atoms with van der Waals surface area (Å²) in [5, 5.41) is 5.47. The van der Waals surface area contributed by atoms with Crippen LogP contribution in [0.3, 0.4) is 0 Å². The van der Waals surface area contributed by atoms with Gasteiger partial charge in [-0.15, -0.1) is 0 Å². The molecule has 0 aromatic heterocycles. The molecule has 0 aliphatic rings. The molecule has 0 heterocycles. The maximum Gasteiger partial charge on any atom is 0.328 e. The van der Waals surface area contributed by atoms with Gasteiger partial charge in [0.15, 0.2) is 0 Å². The first kappa shape index (κ1) is 24.7. The Kier molecular flexibility index (Phi) is 9.07. The van der Waals surface area contributed by atoms with E-state index in [4.69, 9.17) is 14.2 Å². The minimum Gasteiger partial charge on any atom is -0.496 e. The van der Waals surface area contributed by atoms with Crippen LogP contribution in [-0.2, 0) is 20.7 Å². The van der Waals surface area contributed by atoms with E-state index in [2.05, 4.69) is 10.6 Å². The van der Waals surface area contributed by atoms with Gasteiger partial charge in [-0.25, -0.2) is 4.79 Å². The van der Waals surface area contributed by atoms with Crippen molar-refractivity contribution < 1.29 is 28.6 Å². The number of carbonyl (C=O) groups is 3. The molecule has 2 amide bonds. The van der Waals surface area contributed by atoms with Crippen molar-refractivity contribution in [2.75, 3.05) is 21.3 Å². The largest absolute Gasteiger partial charge is 0.496 e. The molecule has 0 unspecified atom stereocenters. The third-order valence-corrected chi connectivity index (χ3v) is 4.98. The molecule has 2 aromatic carbocycles.